The van der Waals surface area contributed by atoms with Crippen molar-refractivity contribution in [3.8, 4) is 0 Å². The van der Waals surface area contributed by atoms with E-state index in [1.807, 2.05) is 0 Å². The van der Waals surface area contributed by atoms with Crippen LogP contribution in [0.4, 0.5) is 0 Å². The van der Waals surface area contributed by atoms with Gasteiger partial charge in [0, 0.05) is 0 Å². The van der Waals surface area contributed by atoms with Crippen molar-refractivity contribution < 1.29 is 5.11 Å². The minimum absolute atomic E-state index is 0.354. The van der Waals surface area contributed by atoms with E-state index in [2.05, 4.69) is 27.7 Å². The highest BCUT2D eigenvalue weighted by molar-refractivity contribution is 4.88. The zero-order valence-corrected chi connectivity index (χ0v) is 10.3. The second kappa shape index (κ2) is 4.22. The Morgan fingerprint density at radius 1 is 1.29 bits per heavy atom. The summed E-state index contributed by atoms with van der Waals surface area (Å²) in [5.41, 5.74) is -0.00156. The molecule has 2 unspecified atom stereocenters. The highest BCUT2D eigenvalue weighted by Crippen LogP contribution is 2.39. The van der Waals surface area contributed by atoms with E-state index >= 15 is 0 Å². The molecule has 1 nitrogen and oxygen atoms in total. The molecule has 0 aliphatic heterocycles. The average molecular weight is 198 g/mol. The van der Waals surface area contributed by atoms with Crippen LogP contribution in [0.2, 0.25) is 0 Å². The zero-order chi connectivity index (χ0) is 10.8. The lowest BCUT2D eigenvalue weighted by Gasteiger charge is -2.39. The molecule has 0 aromatic carbocycles. The lowest BCUT2D eigenvalue weighted by Crippen LogP contribution is -2.39. The highest BCUT2D eigenvalue weighted by atomic mass is 16.3. The molecule has 1 saturated carbocycles. The fourth-order valence-corrected chi connectivity index (χ4v) is 2.36. The largest absolute Gasteiger partial charge is 0.390 e. The lowest BCUT2D eigenvalue weighted by molar-refractivity contribution is -0.0546. The molecule has 1 rings (SSSR count). The maximum Gasteiger partial charge on any atom is 0.0673 e. The Morgan fingerprint density at radius 2 is 1.93 bits per heavy atom. The molecule has 0 spiro atoms. The summed E-state index contributed by atoms with van der Waals surface area (Å²) in [5.74, 6) is 0.499. The molecule has 0 aromatic rings. The smallest absolute Gasteiger partial charge is 0.0673 e. The molecule has 1 fully saturated rings. The van der Waals surface area contributed by atoms with Crippen LogP contribution in [0.3, 0.4) is 0 Å². The third-order valence-electron chi connectivity index (χ3n) is 3.72. The van der Waals surface area contributed by atoms with E-state index in [1.54, 1.807) is 0 Å². The molecular weight excluding hydrogens is 172 g/mol. The predicted octanol–water partition coefficient (Wildman–Crippen LogP) is 3.75. The Kier molecular flexibility index (Phi) is 3.63. The van der Waals surface area contributed by atoms with Crippen molar-refractivity contribution in [1.82, 2.24) is 0 Å². The minimum Gasteiger partial charge on any atom is -0.390 e. The first-order valence-electron chi connectivity index (χ1n) is 6.06. The Morgan fingerprint density at radius 3 is 2.43 bits per heavy atom. The monoisotopic (exact) mass is 198 g/mol. The fourth-order valence-electron chi connectivity index (χ4n) is 2.36. The Hall–Kier alpha value is -0.0400. The van der Waals surface area contributed by atoms with Gasteiger partial charge < -0.3 is 5.11 Å². The molecule has 0 bridgehead atoms. The Bertz CT molecular complexity index is 180. The van der Waals surface area contributed by atoms with Crippen molar-refractivity contribution in [3.63, 3.8) is 0 Å². The Balaban J connectivity index is 2.47. The fraction of sp³-hybridized carbons (Fsp3) is 1.00. The normalized spacial score (nSPS) is 34.5. The Labute approximate surface area is 88.9 Å². The van der Waals surface area contributed by atoms with Crippen LogP contribution >= 0.6 is 0 Å². The van der Waals surface area contributed by atoms with Gasteiger partial charge in [-0.1, -0.05) is 40.5 Å². The van der Waals surface area contributed by atoms with Crippen LogP contribution in [-0.4, -0.2) is 10.7 Å². The zero-order valence-electron chi connectivity index (χ0n) is 10.3. The first-order chi connectivity index (χ1) is 6.33. The SMILES string of the molecule is CC1CCCCC1(O)CCC(C)(C)C. The average Bonchev–Trinajstić information content (AvgIpc) is 2.06. The summed E-state index contributed by atoms with van der Waals surface area (Å²) >= 11 is 0. The maximum atomic E-state index is 10.5. The molecule has 14 heavy (non-hydrogen) atoms. The summed E-state index contributed by atoms with van der Waals surface area (Å²) < 4.78 is 0. The van der Waals surface area contributed by atoms with E-state index in [4.69, 9.17) is 0 Å². The highest BCUT2D eigenvalue weighted by Gasteiger charge is 2.36. The summed E-state index contributed by atoms with van der Waals surface area (Å²) in [7, 11) is 0. The van der Waals surface area contributed by atoms with Gasteiger partial charge in [-0.05, 0) is 37.0 Å². The van der Waals surface area contributed by atoms with Crippen LogP contribution in [0.1, 0.15) is 66.2 Å². The third-order valence-corrected chi connectivity index (χ3v) is 3.72. The first kappa shape index (κ1) is 12.0. The van der Waals surface area contributed by atoms with Gasteiger partial charge in [0.15, 0.2) is 0 Å². The van der Waals surface area contributed by atoms with E-state index < -0.39 is 0 Å². The second-order valence-electron chi connectivity index (χ2n) is 6.31. The van der Waals surface area contributed by atoms with Crippen LogP contribution in [0.25, 0.3) is 0 Å². The van der Waals surface area contributed by atoms with Crippen molar-refractivity contribution in [3.05, 3.63) is 0 Å². The van der Waals surface area contributed by atoms with E-state index in [1.165, 1.54) is 19.3 Å². The standard InChI is InChI=1S/C13H26O/c1-11-7-5-6-8-13(11,14)10-9-12(2,3)4/h11,14H,5-10H2,1-4H3. The number of rotatable bonds is 2. The van der Waals surface area contributed by atoms with Gasteiger partial charge in [-0.3, -0.25) is 0 Å². The van der Waals surface area contributed by atoms with Gasteiger partial charge in [0.1, 0.15) is 0 Å². The van der Waals surface area contributed by atoms with Crippen molar-refractivity contribution in [2.75, 3.05) is 0 Å². The number of aliphatic hydroxyl groups is 1. The molecule has 0 amide bonds. The van der Waals surface area contributed by atoms with Crippen LogP contribution in [0.15, 0.2) is 0 Å². The van der Waals surface area contributed by atoms with Crippen LogP contribution in [0.5, 0.6) is 0 Å². The molecule has 0 aromatic heterocycles. The molecule has 84 valence electrons. The molecule has 0 saturated heterocycles. The van der Waals surface area contributed by atoms with Gasteiger partial charge in [-0.15, -0.1) is 0 Å². The second-order valence-corrected chi connectivity index (χ2v) is 6.31. The lowest BCUT2D eigenvalue weighted by atomic mass is 9.71. The van der Waals surface area contributed by atoms with Crippen molar-refractivity contribution >= 4 is 0 Å². The summed E-state index contributed by atoms with van der Waals surface area (Å²) in [6.45, 7) is 8.97. The summed E-state index contributed by atoms with van der Waals surface area (Å²) in [6, 6.07) is 0. The molecular formula is C13H26O. The van der Waals surface area contributed by atoms with Gasteiger partial charge in [-0.2, -0.15) is 0 Å². The van der Waals surface area contributed by atoms with Crippen molar-refractivity contribution in [1.29, 1.82) is 0 Å². The van der Waals surface area contributed by atoms with Crippen molar-refractivity contribution in [2.45, 2.75) is 71.8 Å². The quantitative estimate of drug-likeness (QED) is 0.716. The summed E-state index contributed by atoms with van der Waals surface area (Å²) in [6.07, 6.45) is 6.86. The maximum absolute atomic E-state index is 10.5. The van der Waals surface area contributed by atoms with E-state index in [0.717, 1.165) is 19.3 Å². The molecule has 1 N–H and O–H groups in total. The van der Waals surface area contributed by atoms with Crippen LogP contribution in [-0.2, 0) is 0 Å². The number of hydrogen-bond acceptors (Lipinski definition) is 1. The minimum atomic E-state index is -0.356. The van der Waals surface area contributed by atoms with E-state index in [0.29, 0.717) is 11.3 Å². The van der Waals surface area contributed by atoms with Crippen LogP contribution in [0, 0.1) is 11.3 Å². The first-order valence-corrected chi connectivity index (χ1v) is 6.06. The van der Waals surface area contributed by atoms with Gasteiger partial charge in [0.25, 0.3) is 0 Å². The van der Waals surface area contributed by atoms with Gasteiger partial charge in [0.05, 0.1) is 5.60 Å². The number of hydrogen-bond donors (Lipinski definition) is 1. The summed E-state index contributed by atoms with van der Waals surface area (Å²) in [5, 5.41) is 10.5. The molecule has 1 aliphatic rings. The summed E-state index contributed by atoms with van der Waals surface area (Å²) in [4.78, 5) is 0. The predicted molar refractivity (Wildman–Crippen MR) is 61.3 cm³/mol. The molecule has 2 atom stereocenters. The third kappa shape index (κ3) is 3.27. The topological polar surface area (TPSA) is 20.2 Å². The molecule has 1 heteroatoms. The van der Waals surface area contributed by atoms with Gasteiger partial charge in [-0.25, -0.2) is 0 Å². The van der Waals surface area contributed by atoms with E-state index in [9.17, 15) is 5.11 Å². The van der Waals surface area contributed by atoms with E-state index in [-0.39, 0.29) is 5.60 Å². The van der Waals surface area contributed by atoms with Crippen LogP contribution < -0.4 is 0 Å². The molecule has 1 aliphatic carbocycles. The van der Waals surface area contributed by atoms with Gasteiger partial charge in [0.2, 0.25) is 0 Å². The van der Waals surface area contributed by atoms with Crippen molar-refractivity contribution in [2.24, 2.45) is 11.3 Å². The van der Waals surface area contributed by atoms with Gasteiger partial charge >= 0.3 is 0 Å². The molecule has 0 radical (unpaired) electrons. The molecule has 0 heterocycles.